The summed E-state index contributed by atoms with van der Waals surface area (Å²) in [5.74, 6) is -1.52. The molecule has 0 fully saturated rings. The van der Waals surface area contributed by atoms with Crippen LogP contribution in [-0.4, -0.2) is 15.3 Å². The number of hydrogen-bond acceptors (Lipinski definition) is 2. The van der Waals surface area contributed by atoms with Crippen molar-refractivity contribution in [2.45, 2.75) is 6.92 Å². The van der Waals surface area contributed by atoms with Crippen LogP contribution in [0.25, 0.3) is 5.69 Å². The molecular formula is C18H15ClFN3O2. The maximum atomic E-state index is 13.9. The summed E-state index contributed by atoms with van der Waals surface area (Å²) in [7, 11) is 1.70. The zero-order valence-electron chi connectivity index (χ0n) is 13.6. The van der Waals surface area contributed by atoms with Crippen LogP contribution in [0.4, 0.5) is 10.1 Å². The first-order valence-electron chi connectivity index (χ1n) is 7.51. The van der Waals surface area contributed by atoms with E-state index in [9.17, 15) is 14.0 Å². The zero-order valence-corrected chi connectivity index (χ0v) is 14.3. The third-order valence-corrected chi connectivity index (χ3v) is 4.30. The minimum Gasteiger partial charge on any atom is -0.316 e. The van der Waals surface area contributed by atoms with E-state index in [1.54, 1.807) is 30.8 Å². The number of nitrogens with zero attached hydrogens (tertiary/aromatic N) is 2. The molecule has 0 saturated carbocycles. The van der Waals surface area contributed by atoms with E-state index in [1.807, 2.05) is 18.2 Å². The van der Waals surface area contributed by atoms with Crippen LogP contribution in [0.2, 0.25) is 5.02 Å². The van der Waals surface area contributed by atoms with E-state index in [2.05, 4.69) is 5.32 Å². The average Bonchev–Trinajstić information content (AvgIpc) is 2.79. The number of hydrogen-bond donors (Lipinski definition) is 1. The molecule has 1 heterocycles. The van der Waals surface area contributed by atoms with E-state index in [4.69, 9.17) is 11.6 Å². The topological polar surface area (TPSA) is 56.0 Å². The van der Waals surface area contributed by atoms with Gasteiger partial charge >= 0.3 is 0 Å². The van der Waals surface area contributed by atoms with Crippen molar-refractivity contribution in [3.63, 3.8) is 0 Å². The summed E-state index contributed by atoms with van der Waals surface area (Å²) >= 11 is 5.91. The maximum absolute atomic E-state index is 13.9. The van der Waals surface area contributed by atoms with Gasteiger partial charge in [0.1, 0.15) is 11.5 Å². The van der Waals surface area contributed by atoms with Crippen molar-refractivity contribution in [1.29, 1.82) is 0 Å². The molecule has 25 heavy (non-hydrogen) atoms. The highest BCUT2D eigenvalue weighted by atomic mass is 35.5. The minimum absolute atomic E-state index is 0.0190. The normalized spacial score (nSPS) is 10.7. The molecule has 0 bridgehead atoms. The van der Waals surface area contributed by atoms with Crippen LogP contribution in [0.15, 0.2) is 53.3 Å². The zero-order chi connectivity index (χ0) is 18.1. The van der Waals surface area contributed by atoms with Gasteiger partial charge in [-0.3, -0.25) is 14.3 Å². The highest BCUT2D eigenvalue weighted by Crippen LogP contribution is 2.21. The van der Waals surface area contributed by atoms with Crippen LogP contribution in [0.3, 0.4) is 0 Å². The summed E-state index contributed by atoms with van der Waals surface area (Å²) in [6.07, 6.45) is 0. The lowest BCUT2D eigenvalue weighted by Crippen LogP contribution is -2.23. The molecule has 0 spiro atoms. The number of aromatic nitrogens is 2. The van der Waals surface area contributed by atoms with Crippen LogP contribution >= 0.6 is 11.6 Å². The molecule has 3 rings (SSSR count). The van der Waals surface area contributed by atoms with Crippen LogP contribution < -0.4 is 10.9 Å². The van der Waals surface area contributed by atoms with Gasteiger partial charge in [-0.05, 0) is 31.2 Å². The van der Waals surface area contributed by atoms with Gasteiger partial charge in [-0.2, -0.15) is 0 Å². The van der Waals surface area contributed by atoms with Gasteiger partial charge in [0.2, 0.25) is 0 Å². The molecular weight excluding hydrogens is 345 g/mol. The highest BCUT2D eigenvalue weighted by Gasteiger charge is 2.21. The molecule has 3 aromatic rings. The lowest BCUT2D eigenvalue weighted by Gasteiger charge is -2.07. The summed E-state index contributed by atoms with van der Waals surface area (Å²) in [5, 5.41) is 2.47. The second-order valence-corrected chi connectivity index (χ2v) is 5.89. The van der Waals surface area contributed by atoms with Crippen LogP contribution in [0.1, 0.15) is 16.1 Å². The SMILES string of the molecule is Cc1c(NC(=O)c2c(F)cccc2Cl)c(=O)n(-c2ccccc2)n1C. The Kier molecular flexibility index (Phi) is 4.46. The van der Waals surface area contributed by atoms with Crippen molar-refractivity contribution in [2.75, 3.05) is 5.32 Å². The smallest absolute Gasteiger partial charge is 0.295 e. The van der Waals surface area contributed by atoms with Gasteiger partial charge < -0.3 is 5.32 Å². The Balaban J connectivity index is 2.05. The molecule has 0 saturated heterocycles. The van der Waals surface area contributed by atoms with E-state index < -0.39 is 17.3 Å². The second kappa shape index (κ2) is 6.57. The monoisotopic (exact) mass is 359 g/mol. The third-order valence-electron chi connectivity index (χ3n) is 3.98. The molecule has 1 N–H and O–H groups in total. The predicted octanol–water partition coefficient (Wildman–Crippen LogP) is 3.53. The van der Waals surface area contributed by atoms with E-state index >= 15 is 0 Å². The molecule has 1 amide bonds. The summed E-state index contributed by atoms with van der Waals surface area (Å²) in [6, 6.07) is 13.0. The Bertz CT molecular complexity index is 989. The first-order chi connectivity index (χ1) is 11.9. The fourth-order valence-corrected chi connectivity index (χ4v) is 2.85. The van der Waals surface area contributed by atoms with Crippen molar-refractivity contribution >= 4 is 23.2 Å². The first kappa shape index (κ1) is 17.0. The summed E-state index contributed by atoms with van der Waals surface area (Å²) in [5.41, 5.74) is 0.568. The largest absolute Gasteiger partial charge is 0.316 e. The lowest BCUT2D eigenvalue weighted by atomic mass is 10.2. The Hall–Kier alpha value is -2.86. The Morgan fingerprint density at radius 3 is 2.44 bits per heavy atom. The van der Waals surface area contributed by atoms with Gasteiger partial charge in [-0.1, -0.05) is 35.9 Å². The third kappa shape index (κ3) is 2.96. The number of amides is 1. The molecule has 2 aromatic carbocycles. The fraction of sp³-hybridized carbons (Fsp3) is 0.111. The molecule has 0 radical (unpaired) electrons. The fourth-order valence-electron chi connectivity index (χ4n) is 2.60. The minimum atomic E-state index is -0.769. The summed E-state index contributed by atoms with van der Waals surface area (Å²) < 4.78 is 17.0. The summed E-state index contributed by atoms with van der Waals surface area (Å²) in [6.45, 7) is 1.69. The lowest BCUT2D eigenvalue weighted by molar-refractivity contribution is 0.102. The molecule has 0 aliphatic heterocycles. The number of para-hydroxylation sites is 1. The van der Waals surface area contributed by atoms with Crippen LogP contribution in [0, 0.1) is 12.7 Å². The number of carbonyl (C=O) groups is 1. The van der Waals surface area contributed by atoms with Crippen molar-refractivity contribution in [3.05, 3.63) is 81.0 Å². The second-order valence-electron chi connectivity index (χ2n) is 5.49. The molecule has 0 aliphatic carbocycles. The molecule has 5 nitrogen and oxygen atoms in total. The number of benzene rings is 2. The Morgan fingerprint density at radius 2 is 1.80 bits per heavy atom. The molecule has 1 aromatic heterocycles. The molecule has 128 valence electrons. The van der Waals surface area contributed by atoms with Crippen molar-refractivity contribution in [3.8, 4) is 5.69 Å². The van der Waals surface area contributed by atoms with Crippen molar-refractivity contribution in [1.82, 2.24) is 9.36 Å². The molecule has 0 atom stereocenters. The van der Waals surface area contributed by atoms with E-state index in [0.717, 1.165) is 6.07 Å². The number of halogens is 2. The quantitative estimate of drug-likeness (QED) is 0.777. The van der Waals surface area contributed by atoms with Crippen molar-refractivity contribution < 1.29 is 9.18 Å². The van der Waals surface area contributed by atoms with Gasteiger partial charge in [0.05, 0.1) is 22.0 Å². The number of nitrogens with one attached hydrogen (secondary N) is 1. The standard InChI is InChI=1S/C18H15ClFN3O2/c1-11-16(21-17(24)15-13(19)9-6-10-14(15)20)18(25)23(22(11)2)12-7-4-3-5-8-12/h3-10H,1-2H3,(H,21,24). The van der Waals surface area contributed by atoms with Crippen LogP contribution in [0.5, 0.6) is 0 Å². The van der Waals surface area contributed by atoms with Crippen LogP contribution in [-0.2, 0) is 7.05 Å². The average molecular weight is 360 g/mol. The first-order valence-corrected chi connectivity index (χ1v) is 7.89. The number of anilines is 1. The van der Waals surface area contributed by atoms with Gasteiger partial charge in [0, 0.05) is 7.05 Å². The maximum Gasteiger partial charge on any atom is 0.295 e. The predicted molar refractivity (Wildman–Crippen MR) is 95.1 cm³/mol. The summed E-state index contributed by atoms with van der Waals surface area (Å²) in [4.78, 5) is 25.2. The van der Waals surface area contributed by atoms with E-state index in [1.165, 1.54) is 16.8 Å². The molecule has 0 unspecified atom stereocenters. The van der Waals surface area contributed by atoms with E-state index in [-0.39, 0.29) is 16.3 Å². The molecule has 7 heteroatoms. The van der Waals surface area contributed by atoms with E-state index in [0.29, 0.717) is 11.4 Å². The van der Waals surface area contributed by atoms with Gasteiger partial charge in [-0.25, -0.2) is 9.07 Å². The van der Waals surface area contributed by atoms with Gasteiger partial charge in [0.25, 0.3) is 11.5 Å². The van der Waals surface area contributed by atoms with Gasteiger partial charge in [0.15, 0.2) is 0 Å². The Labute approximate surface area is 148 Å². The molecule has 0 aliphatic rings. The van der Waals surface area contributed by atoms with Gasteiger partial charge in [-0.15, -0.1) is 0 Å². The number of rotatable bonds is 3. The number of carbonyl (C=O) groups excluding carboxylic acids is 1. The Morgan fingerprint density at radius 1 is 1.12 bits per heavy atom. The van der Waals surface area contributed by atoms with Crippen molar-refractivity contribution in [2.24, 2.45) is 7.05 Å². The highest BCUT2D eigenvalue weighted by molar-refractivity contribution is 6.34.